The van der Waals surface area contributed by atoms with Gasteiger partial charge in [-0.05, 0) is 55.7 Å². The van der Waals surface area contributed by atoms with E-state index < -0.39 is 0 Å². The van der Waals surface area contributed by atoms with E-state index in [1.807, 2.05) is 19.1 Å². The van der Waals surface area contributed by atoms with Gasteiger partial charge in [0.25, 0.3) is 0 Å². The Morgan fingerprint density at radius 3 is 2.83 bits per heavy atom. The minimum Gasteiger partial charge on any atom is -0.327 e. The number of aryl methyl sites for hydroxylation is 1. The van der Waals surface area contributed by atoms with Crippen LogP contribution in [-0.4, -0.2) is 36.5 Å². The first-order valence-corrected chi connectivity index (χ1v) is 8.38. The van der Waals surface area contributed by atoms with Crippen molar-refractivity contribution in [2.24, 2.45) is 17.6 Å². The van der Waals surface area contributed by atoms with E-state index in [0.29, 0.717) is 24.4 Å². The molecule has 0 spiro atoms. The number of benzene rings is 1. The van der Waals surface area contributed by atoms with Gasteiger partial charge in [-0.1, -0.05) is 18.6 Å². The van der Waals surface area contributed by atoms with Crippen LogP contribution in [0.25, 0.3) is 0 Å². The molecule has 2 fully saturated rings. The fraction of sp³-hybridized carbons (Fsp3) is 0.611. The quantitative estimate of drug-likeness (QED) is 0.891. The molecule has 3 rings (SSSR count). The van der Waals surface area contributed by atoms with Gasteiger partial charge in [-0.2, -0.15) is 0 Å². The molecule has 3 atom stereocenters. The minimum absolute atomic E-state index is 0. The lowest BCUT2D eigenvalue weighted by molar-refractivity contribution is -0.117. The fourth-order valence-corrected chi connectivity index (χ4v) is 4.02. The van der Waals surface area contributed by atoms with Crippen molar-refractivity contribution in [2.45, 2.75) is 39.2 Å². The van der Waals surface area contributed by atoms with Crippen LogP contribution in [0.15, 0.2) is 18.2 Å². The third-order valence-electron chi connectivity index (χ3n) is 5.48. The zero-order valence-corrected chi connectivity index (χ0v) is 14.9. The van der Waals surface area contributed by atoms with E-state index in [9.17, 15) is 4.79 Å². The molecule has 1 amide bonds. The monoisotopic (exact) mass is 337 g/mol. The summed E-state index contributed by atoms with van der Waals surface area (Å²) in [6, 6.07) is 6.35. The number of rotatable bonds is 3. The van der Waals surface area contributed by atoms with E-state index in [1.165, 1.54) is 18.4 Å². The molecule has 0 radical (unpaired) electrons. The molecule has 1 aromatic carbocycles. The van der Waals surface area contributed by atoms with Crippen molar-refractivity contribution in [1.82, 2.24) is 4.90 Å². The molecule has 4 nitrogen and oxygen atoms in total. The first-order chi connectivity index (χ1) is 10.5. The second-order valence-corrected chi connectivity index (χ2v) is 7.01. The van der Waals surface area contributed by atoms with Crippen molar-refractivity contribution in [2.75, 3.05) is 25.0 Å². The van der Waals surface area contributed by atoms with E-state index in [2.05, 4.69) is 23.2 Å². The zero-order valence-electron chi connectivity index (χ0n) is 14.0. The number of anilines is 1. The minimum atomic E-state index is 0. The van der Waals surface area contributed by atoms with Gasteiger partial charge in [0.15, 0.2) is 0 Å². The third-order valence-corrected chi connectivity index (χ3v) is 5.48. The number of nitrogens with zero attached hydrogens (tertiary/aromatic N) is 1. The molecule has 2 aliphatic rings. The number of fused-ring (bicyclic) bond motifs is 1. The van der Waals surface area contributed by atoms with Crippen LogP contribution in [0.5, 0.6) is 0 Å². The first-order valence-electron chi connectivity index (χ1n) is 8.38. The summed E-state index contributed by atoms with van der Waals surface area (Å²) in [6.45, 7) is 6.60. The Balaban J connectivity index is 0.00000192. The smallest absolute Gasteiger partial charge is 0.238 e. The lowest BCUT2D eigenvalue weighted by Crippen LogP contribution is -2.38. The Kier molecular flexibility index (Phi) is 6.06. The predicted molar refractivity (Wildman–Crippen MR) is 97.0 cm³/mol. The Bertz CT molecular complexity index is 563. The highest BCUT2D eigenvalue weighted by atomic mass is 35.5. The summed E-state index contributed by atoms with van der Waals surface area (Å²) in [4.78, 5) is 14.6. The topological polar surface area (TPSA) is 58.4 Å². The largest absolute Gasteiger partial charge is 0.327 e. The molecular formula is C18H28ClN3O. The van der Waals surface area contributed by atoms with E-state index in [-0.39, 0.29) is 18.3 Å². The summed E-state index contributed by atoms with van der Waals surface area (Å²) in [5.74, 6) is 1.36. The molecule has 3 unspecified atom stereocenters. The molecule has 5 heteroatoms. The van der Waals surface area contributed by atoms with E-state index >= 15 is 0 Å². The average Bonchev–Trinajstić information content (AvgIpc) is 2.88. The fourth-order valence-electron chi connectivity index (χ4n) is 4.02. The Morgan fingerprint density at radius 1 is 1.30 bits per heavy atom. The number of amides is 1. The van der Waals surface area contributed by atoms with Crippen molar-refractivity contribution in [3.05, 3.63) is 29.3 Å². The maximum atomic E-state index is 12.3. The SMILES string of the molecule is Cc1cccc(NC(=O)CN2CC3CCCC(N)C3C2)c1C.Cl. The maximum Gasteiger partial charge on any atom is 0.238 e. The lowest BCUT2D eigenvalue weighted by Gasteiger charge is -2.29. The second-order valence-electron chi connectivity index (χ2n) is 7.01. The molecule has 1 aliphatic heterocycles. The second kappa shape index (κ2) is 7.65. The van der Waals surface area contributed by atoms with E-state index in [4.69, 9.17) is 5.73 Å². The highest BCUT2D eigenvalue weighted by Gasteiger charge is 2.38. The van der Waals surface area contributed by atoms with Gasteiger partial charge in [0.05, 0.1) is 6.54 Å². The van der Waals surface area contributed by atoms with Gasteiger partial charge in [-0.25, -0.2) is 0 Å². The van der Waals surface area contributed by atoms with Gasteiger partial charge in [-0.3, -0.25) is 9.69 Å². The van der Waals surface area contributed by atoms with Gasteiger partial charge >= 0.3 is 0 Å². The number of nitrogens with two attached hydrogens (primary N) is 1. The number of halogens is 1. The van der Waals surface area contributed by atoms with Crippen molar-refractivity contribution in [1.29, 1.82) is 0 Å². The number of hydrogen-bond donors (Lipinski definition) is 2. The van der Waals surface area contributed by atoms with E-state index in [0.717, 1.165) is 30.8 Å². The molecule has 3 N–H and O–H groups in total. The summed E-state index contributed by atoms with van der Waals surface area (Å²) < 4.78 is 0. The number of carbonyl (C=O) groups is 1. The van der Waals surface area contributed by atoms with Gasteiger partial charge in [0, 0.05) is 24.8 Å². The molecule has 128 valence electrons. The number of carbonyl (C=O) groups excluding carboxylic acids is 1. The average molecular weight is 338 g/mol. The molecule has 0 aromatic heterocycles. The van der Waals surface area contributed by atoms with Crippen molar-refractivity contribution < 1.29 is 4.79 Å². The Morgan fingerprint density at radius 2 is 2.09 bits per heavy atom. The Labute approximate surface area is 145 Å². The van der Waals surface area contributed by atoms with Crippen LogP contribution < -0.4 is 11.1 Å². The Hall–Kier alpha value is -1.10. The van der Waals surface area contributed by atoms with Gasteiger partial charge < -0.3 is 11.1 Å². The third kappa shape index (κ3) is 4.06. The summed E-state index contributed by atoms with van der Waals surface area (Å²) in [7, 11) is 0. The molecule has 1 saturated heterocycles. The van der Waals surface area contributed by atoms with E-state index in [1.54, 1.807) is 0 Å². The van der Waals surface area contributed by atoms with Crippen LogP contribution in [0.3, 0.4) is 0 Å². The van der Waals surface area contributed by atoms with Crippen LogP contribution in [0, 0.1) is 25.7 Å². The highest BCUT2D eigenvalue weighted by molar-refractivity contribution is 5.93. The molecular weight excluding hydrogens is 310 g/mol. The lowest BCUT2D eigenvalue weighted by atomic mass is 9.78. The molecule has 1 heterocycles. The number of hydrogen-bond acceptors (Lipinski definition) is 3. The molecule has 1 saturated carbocycles. The summed E-state index contributed by atoms with van der Waals surface area (Å²) in [5, 5.41) is 3.06. The van der Waals surface area contributed by atoms with Crippen LogP contribution in [0.4, 0.5) is 5.69 Å². The van der Waals surface area contributed by atoms with Gasteiger partial charge in [-0.15, -0.1) is 12.4 Å². The standard InChI is InChI=1S/C18H27N3O.ClH/c1-12-5-3-8-17(13(12)2)20-18(22)11-21-9-14-6-4-7-16(19)15(14)10-21;/h3,5,8,14-16H,4,6-7,9-11,19H2,1-2H3,(H,20,22);1H. The van der Waals surface area contributed by atoms with Crippen molar-refractivity contribution >= 4 is 24.0 Å². The predicted octanol–water partition coefficient (Wildman–Crippen LogP) is 2.72. The maximum absolute atomic E-state index is 12.3. The van der Waals surface area contributed by atoms with Gasteiger partial charge in [0.1, 0.15) is 0 Å². The van der Waals surface area contributed by atoms with Gasteiger partial charge in [0.2, 0.25) is 5.91 Å². The first kappa shape index (κ1) is 18.2. The zero-order chi connectivity index (χ0) is 15.7. The van der Waals surface area contributed by atoms with Crippen LogP contribution in [-0.2, 0) is 4.79 Å². The highest BCUT2D eigenvalue weighted by Crippen LogP contribution is 2.35. The molecule has 1 aliphatic carbocycles. The van der Waals surface area contributed by atoms with Crippen LogP contribution in [0.2, 0.25) is 0 Å². The van der Waals surface area contributed by atoms with Crippen LogP contribution >= 0.6 is 12.4 Å². The number of nitrogens with one attached hydrogen (secondary N) is 1. The molecule has 0 bridgehead atoms. The summed E-state index contributed by atoms with van der Waals surface area (Å²) >= 11 is 0. The normalized spacial score (nSPS) is 27.2. The number of likely N-dealkylation sites (tertiary alicyclic amines) is 1. The van der Waals surface area contributed by atoms with Crippen LogP contribution in [0.1, 0.15) is 30.4 Å². The molecule has 23 heavy (non-hydrogen) atoms. The summed E-state index contributed by atoms with van der Waals surface area (Å²) in [5.41, 5.74) is 9.53. The van der Waals surface area contributed by atoms with Crippen molar-refractivity contribution in [3.8, 4) is 0 Å². The summed E-state index contributed by atoms with van der Waals surface area (Å²) in [6.07, 6.45) is 3.65. The van der Waals surface area contributed by atoms with Crippen molar-refractivity contribution in [3.63, 3.8) is 0 Å². The molecule has 1 aromatic rings.